The molecule has 1 amide bonds. The first-order chi connectivity index (χ1) is 8.63. The molecule has 1 aliphatic rings. The standard InChI is InChI=1S/C14H18FNO2/c1-10-5-3-4-8-16(10)14(17)12-9-11(15)6-7-13(12)18-2/h6-7,9-10H,3-5,8H2,1-2H3. The van der Waals surface area contributed by atoms with E-state index in [2.05, 4.69) is 0 Å². The molecule has 1 aliphatic heterocycles. The Morgan fingerprint density at radius 3 is 2.89 bits per heavy atom. The predicted molar refractivity (Wildman–Crippen MR) is 67.3 cm³/mol. The van der Waals surface area contributed by atoms with Crippen molar-refractivity contribution in [1.29, 1.82) is 0 Å². The number of likely N-dealkylation sites (tertiary alicyclic amines) is 1. The molecular weight excluding hydrogens is 233 g/mol. The Kier molecular flexibility index (Phi) is 3.84. The van der Waals surface area contributed by atoms with Crippen LogP contribution in [0.5, 0.6) is 5.75 Å². The van der Waals surface area contributed by atoms with Crippen molar-refractivity contribution in [2.45, 2.75) is 32.2 Å². The summed E-state index contributed by atoms with van der Waals surface area (Å²) in [6, 6.07) is 4.26. The SMILES string of the molecule is COc1ccc(F)cc1C(=O)N1CCCCC1C. The first kappa shape index (κ1) is 12.9. The quantitative estimate of drug-likeness (QED) is 0.809. The number of carbonyl (C=O) groups is 1. The molecule has 0 aliphatic carbocycles. The predicted octanol–water partition coefficient (Wildman–Crippen LogP) is 2.85. The van der Waals surface area contributed by atoms with E-state index < -0.39 is 5.82 Å². The van der Waals surface area contributed by atoms with Crippen molar-refractivity contribution in [3.63, 3.8) is 0 Å². The maximum absolute atomic E-state index is 13.3. The lowest BCUT2D eigenvalue weighted by Gasteiger charge is -2.33. The van der Waals surface area contributed by atoms with Gasteiger partial charge in [-0.25, -0.2) is 4.39 Å². The van der Waals surface area contributed by atoms with Gasteiger partial charge in [-0.05, 0) is 44.4 Å². The van der Waals surface area contributed by atoms with Gasteiger partial charge in [-0.2, -0.15) is 0 Å². The number of halogens is 1. The van der Waals surface area contributed by atoms with E-state index in [1.165, 1.54) is 25.3 Å². The minimum absolute atomic E-state index is 0.140. The topological polar surface area (TPSA) is 29.5 Å². The van der Waals surface area contributed by atoms with Crippen LogP contribution in [0, 0.1) is 5.82 Å². The number of methoxy groups -OCH3 is 1. The normalized spacial score (nSPS) is 19.7. The van der Waals surface area contributed by atoms with Crippen molar-refractivity contribution in [2.75, 3.05) is 13.7 Å². The minimum Gasteiger partial charge on any atom is -0.496 e. The third-order valence-electron chi connectivity index (χ3n) is 3.46. The number of hydrogen-bond donors (Lipinski definition) is 0. The Morgan fingerprint density at radius 2 is 2.22 bits per heavy atom. The Hall–Kier alpha value is -1.58. The van der Waals surface area contributed by atoms with E-state index in [9.17, 15) is 9.18 Å². The van der Waals surface area contributed by atoms with Crippen LogP contribution in [0.2, 0.25) is 0 Å². The van der Waals surface area contributed by atoms with Gasteiger partial charge in [0, 0.05) is 12.6 Å². The molecule has 1 fully saturated rings. The molecule has 3 nitrogen and oxygen atoms in total. The summed E-state index contributed by atoms with van der Waals surface area (Å²) in [4.78, 5) is 14.2. The van der Waals surface area contributed by atoms with Crippen LogP contribution >= 0.6 is 0 Å². The number of benzene rings is 1. The van der Waals surface area contributed by atoms with Crippen molar-refractivity contribution in [3.8, 4) is 5.75 Å². The van der Waals surface area contributed by atoms with E-state index in [0.29, 0.717) is 11.3 Å². The van der Waals surface area contributed by atoms with Gasteiger partial charge in [-0.3, -0.25) is 4.79 Å². The van der Waals surface area contributed by atoms with E-state index in [4.69, 9.17) is 4.74 Å². The number of hydrogen-bond acceptors (Lipinski definition) is 2. The molecule has 1 heterocycles. The summed E-state index contributed by atoms with van der Waals surface area (Å²) in [6.45, 7) is 2.77. The number of piperidine rings is 1. The van der Waals surface area contributed by atoms with E-state index in [1.807, 2.05) is 6.92 Å². The third kappa shape index (κ3) is 2.47. The van der Waals surface area contributed by atoms with Gasteiger partial charge < -0.3 is 9.64 Å². The summed E-state index contributed by atoms with van der Waals surface area (Å²) in [6.07, 6.45) is 3.16. The van der Waals surface area contributed by atoms with Crippen molar-refractivity contribution < 1.29 is 13.9 Å². The van der Waals surface area contributed by atoms with E-state index in [1.54, 1.807) is 4.90 Å². The van der Waals surface area contributed by atoms with Crippen molar-refractivity contribution in [2.24, 2.45) is 0 Å². The van der Waals surface area contributed by atoms with Gasteiger partial charge in [0.25, 0.3) is 5.91 Å². The molecule has 1 atom stereocenters. The van der Waals surface area contributed by atoms with Crippen molar-refractivity contribution in [3.05, 3.63) is 29.6 Å². The molecule has 1 saturated heterocycles. The van der Waals surface area contributed by atoms with Gasteiger partial charge in [0.1, 0.15) is 11.6 Å². The number of ether oxygens (including phenoxy) is 1. The highest BCUT2D eigenvalue weighted by atomic mass is 19.1. The molecule has 18 heavy (non-hydrogen) atoms. The zero-order chi connectivity index (χ0) is 13.1. The van der Waals surface area contributed by atoms with E-state index in [-0.39, 0.29) is 11.9 Å². The fourth-order valence-electron chi connectivity index (χ4n) is 2.40. The Labute approximate surface area is 107 Å². The first-order valence-corrected chi connectivity index (χ1v) is 6.28. The summed E-state index contributed by atoms with van der Waals surface area (Å²) >= 11 is 0. The summed E-state index contributed by atoms with van der Waals surface area (Å²) in [7, 11) is 1.49. The summed E-state index contributed by atoms with van der Waals surface area (Å²) in [5, 5.41) is 0. The molecule has 0 bridgehead atoms. The number of carbonyl (C=O) groups excluding carboxylic acids is 1. The zero-order valence-corrected chi connectivity index (χ0v) is 10.8. The van der Waals surface area contributed by atoms with Crippen LogP contribution in [-0.4, -0.2) is 30.5 Å². The van der Waals surface area contributed by atoms with Crippen molar-refractivity contribution in [1.82, 2.24) is 4.90 Å². The molecule has 0 radical (unpaired) electrons. The van der Waals surface area contributed by atoms with Crippen LogP contribution in [-0.2, 0) is 0 Å². The van der Waals surface area contributed by atoms with Crippen LogP contribution in [0.25, 0.3) is 0 Å². The minimum atomic E-state index is -0.413. The molecule has 1 aromatic rings. The van der Waals surface area contributed by atoms with Gasteiger partial charge in [0.05, 0.1) is 12.7 Å². The number of amides is 1. The van der Waals surface area contributed by atoms with Gasteiger partial charge in [-0.15, -0.1) is 0 Å². The molecule has 98 valence electrons. The monoisotopic (exact) mass is 251 g/mol. The molecular formula is C14H18FNO2. The smallest absolute Gasteiger partial charge is 0.257 e. The molecule has 0 aromatic heterocycles. The van der Waals surface area contributed by atoms with E-state index in [0.717, 1.165) is 25.8 Å². The summed E-state index contributed by atoms with van der Waals surface area (Å²) in [5.74, 6) is -0.124. The molecule has 1 unspecified atom stereocenters. The fourth-order valence-corrected chi connectivity index (χ4v) is 2.40. The lowest BCUT2D eigenvalue weighted by molar-refractivity contribution is 0.0631. The van der Waals surface area contributed by atoms with Gasteiger partial charge >= 0.3 is 0 Å². The lowest BCUT2D eigenvalue weighted by Crippen LogP contribution is -2.42. The highest BCUT2D eigenvalue weighted by molar-refractivity contribution is 5.97. The van der Waals surface area contributed by atoms with Crippen LogP contribution in [0.1, 0.15) is 36.5 Å². The third-order valence-corrected chi connectivity index (χ3v) is 3.46. The lowest BCUT2D eigenvalue weighted by atomic mass is 10.0. The van der Waals surface area contributed by atoms with Crippen LogP contribution < -0.4 is 4.74 Å². The number of nitrogens with zero attached hydrogens (tertiary/aromatic N) is 1. The second-order valence-corrected chi connectivity index (χ2v) is 4.69. The van der Waals surface area contributed by atoms with Gasteiger partial charge in [-0.1, -0.05) is 0 Å². The summed E-state index contributed by atoms with van der Waals surface area (Å²) in [5.41, 5.74) is 0.311. The fraction of sp³-hybridized carbons (Fsp3) is 0.500. The van der Waals surface area contributed by atoms with Gasteiger partial charge in [0.2, 0.25) is 0 Å². The summed E-state index contributed by atoms with van der Waals surface area (Å²) < 4.78 is 18.4. The highest BCUT2D eigenvalue weighted by Crippen LogP contribution is 2.25. The van der Waals surface area contributed by atoms with Crippen LogP contribution in [0.4, 0.5) is 4.39 Å². The molecule has 1 aromatic carbocycles. The Morgan fingerprint density at radius 1 is 1.44 bits per heavy atom. The maximum atomic E-state index is 13.3. The van der Waals surface area contributed by atoms with Crippen LogP contribution in [0.3, 0.4) is 0 Å². The highest BCUT2D eigenvalue weighted by Gasteiger charge is 2.26. The largest absolute Gasteiger partial charge is 0.496 e. The van der Waals surface area contributed by atoms with E-state index >= 15 is 0 Å². The second-order valence-electron chi connectivity index (χ2n) is 4.69. The van der Waals surface area contributed by atoms with Gasteiger partial charge in [0.15, 0.2) is 0 Å². The zero-order valence-electron chi connectivity index (χ0n) is 10.8. The molecule has 4 heteroatoms. The molecule has 0 spiro atoms. The molecule has 2 rings (SSSR count). The first-order valence-electron chi connectivity index (χ1n) is 6.28. The molecule has 0 N–H and O–H groups in total. The maximum Gasteiger partial charge on any atom is 0.257 e. The Balaban J connectivity index is 2.29. The second kappa shape index (κ2) is 5.38. The average molecular weight is 251 g/mol. The van der Waals surface area contributed by atoms with Crippen molar-refractivity contribution >= 4 is 5.91 Å². The van der Waals surface area contributed by atoms with Crippen LogP contribution in [0.15, 0.2) is 18.2 Å². The average Bonchev–Trinajstić information content (AvgIpc) is 2.38. The Bertz CT molecular complexity index is 447. The molecule has 0 saturated carbocycles. The number of rotatable bonds is 2.